The van der Waals surface area contributed by atoms with E-state index >= 15 is 0 Å². The molecule has 1 nitrogen and oxygen atoms in total. The predicted octanol–water partition coefficient (Wildman–Crippen LogP) is 2.41. The molecular formula is C7H13ClO. The van der Waals surface area contributed by atoms with Crippen LogP contribution in [-0.4, -0.2) is 12.2 Å². The van der Waals surface area contributed by atoms with Crippen molar-refractivity contribution in [3.05, 3.63) is 12.7 Å². The fourth-order valence-corrected chi connectivity index (χ4v) is 0.425. The molecule has 9 heavy (non-hydrogen) atoms. The van der Waals surface area contributed by atoms with Gasteiger partial charge in [0.05, 0.1) is 6.61 Å². The van der Waals surface area contributed by atoms with E-state index in [1.807, 2.05) is 13.8 Å². The summed E-state index contributed by atoms with van der Waals surface area (Å²) >= 11 is 5.72. The quantitative estimate of drug-likeness (QED) is 0.440. The van der Waals surface area contributed by atoms with E-state index in [2.05, 4.69) is 6.58 Å². The fourth-order valence-electron chi connectivity index (χ4n) is 0.352. The molecule has 0 aromatic carbocycles. The van der Waals surface area contributed by atoms with Crippen LogP contribution in [0.4, 0.5) is 0 Å². The van der Waals surface area contributed by atoms with E-state index in [-0.39, 0.29) is 5.56 Å². The van der Waals surface area contributed by atoms with Gasteiger partial charge in [-0.25, -0.2) is 0 Å². The zero-order valence-electron chi connectivity index (χ0n) is 5.93. The molecule has 0 rings (SSSR count). The normalized spacial score (nSPS) is 13.8. The summed E-state index contributed by atoms with van der Waals surface area (Å²) < 4.78 is 5.10. The summed E-state index contributed by atoms with van der Waals surface area (Å²) in [5.74, 6) is 0.367. The van der Waals surface area contributed by atoms with Gasteiger partial charge in [0, 0.05) is 0 Å². The van der Waals surface area contributed by atoms with Crippen LogP contribution in [0.25, 0.3) is 0 Å². The molecule has 0 radical (unpaired) electrons. The van der Waals surface area contributed by atoms with Gasteiger partial charge >= 0.3 is 0 Å². The van der Waals surface area contributed by atoms with Crippen LogP contribution < -0.4 is 0 Å². The molecular weight excluding hydrogens is 136 g/mol. The molecule has 0 saturated carbocycles. The van der Waals surface area contributed by atoms with Gasteiger partial charge in [0.15, 0.2) is 0 Å². The summed E-state index contributed by atoms with van der Waals surface area (Å²) in [4.78, 5) is 0. The second-order valence-electron chi connectivity index (χ2n) is 2.22. The van der Waals surface area contributed by atoms with Crippen LogP contribution >= 0.6 is 11.6 Å². The Balaban J connectivity index is 3.26. The Hall–Kier alpha value is -0.0100. The van der Waals surface area contributed by atoms with Crippen molar-refractivity contribution in [3.63, 3.8) is 0 Å². The Labute approximate surface area is 61.7 Å². The predicted molar refractivity (Wildman–Crippen MR) is 40.6 cm³/mol. The highest BCUT2D eigenvalue weighted by molar-refractivity contribution is 6.19. The summed E-state index contributed by atoms with van der Waals surface area (Å²) in [6.45, 7) is 8.07. The van der Waals surface area contributed by atoms with Crippen molar-refractivity contribution in [2.45, 2.75) is 19.4 Å². The zero-order valence-corrected chi connectivity index (χ0v) is 6.69. The minimum atomic E-state index is -0.178. The number of halogens is 1. The topological polar surface area (TPSA) is 9.23 Å². The minimum absolute atomic E-state index is 0.178. The fraction of sp³-hybridized carbons (Fsp3) is 0.714. The van der Waals surface area contributed by atoms with Crippen LogP contribution in [-0.2, 0) is 4.74 Å². The lowest BCUT2D eigenvalue weighted by Crippen LogP contribution is -2.12. The number of hydrogen-bond donors (Lipinski definition) is 0. The van der Waals surface area contributed by atoms with Gasteiger partial charge < -0.3 is 4.74 Å². The number of hydrogen-bond acceptors (Lipinski definition) is 1. The second kappa shape index (κ2) is 4.83. The molecule has 54 valence electrons. The Morgan fingerprint density at radius 2 is 2.22 bits per heavy atom. The van der Waals surface area contributed by atoms with Gasteiger partial charge in [-0.05, 0) is 5.92 Å². The summed E-state index contributed by atoms with van der Waals surface area (Å²) in [6, 6.07) is 0. The van der Waals surface area contributed by atoms with E-state index in [4.69, 9.17) is 16.3 Å². The van der Waals surface area contributed by atoms with Crippen LogP contribution in [0.15, 0.2) is 12.7 Å². The van der Waals surface area contributed by atoms with Crippen LogP contribution in [0.1, 0.15) is 13.8 Å². The summed E-state index contributed by atoms with van der Waals surface area (Å²) in [5.41, 5.74) is -0.178. The van der Waals surface area contributed by atoms with Gasteiger partial charge in [-0.1, -0.05) is 31.5 Å². The molecule has 0 aliphatic carbocycles. The minimum Gasteiger partial charge on any atom is -0.358 e. The van der Waals surface area contributed by atoms with Crippen LogP contribution in [0.2, 0.25) is 0 Å². The average Bonchev–Trinajstić information content (AvgIpc) is 1.82. The maximum atomic E-state index is 5.72. The van der Waals surface area contributed by atoms with Crippen molar-refractivity contribution in [1.82, 2.24) is 0 Å². The molecule has 0 spiro atoms. The highest BCUT2D eigenvalue weighted by atomic mass is 35.5. The smallest absolute Gasteiger partial charge is 0.133 e. The van der Waals surface area contributed by atoms with Gasteiger partial charge in [-0.15, -0.1) is 6.58 Å². The van der Waals surface area contributed by atoms with Crippen LogP contribution in [0.3, 0.4) is 0 Å². The Bertz CT molecular complexity index is 81.0. The number of ether oxygens (including phenoxy) is 1. The molecule has 0 aromatic rings. The van der Waals surface area contributed by atoms with Gasteiger partial charge in [0.25, 0.3) is 0 Å². The lowest BCUT2D eigenvalue weighted by molar-refractivity contribution is 0.101. The standard InChI is InChI=1S/C7H13ClO/c1-4-5-9-7(8)6(2)3/h4,6-7H,1,5H2,2-3H3. The SMILES string of the molecule is C=CCOC(Cl)C(C)C. The molecule has 2 heteroatoms. The molecule has 0 bridgehead atoms. The summed E-state index contributed by atoms with van der Waals surface area (Å²) in [7, 11) is 0. The van der Waals surface area contributed by atoms with Crippen LogP contribution in [0, 0.1) is 5.92 Å². The van der Waals surface area contributed by atoms with Crippen LogP contribution in [0.5, 0.6) is 0 Å². The molecule has 1 atom stereocenters. The maximum absolute atomic E-state index is 5.72. The molecule has 1 unspecified atom stereocenters. The highest BCUT2D eigenvalue weighted by Crippen LogP contribution is 2.09. The van der Waals surface area contributed by atoms with Gasteiger partial charge in [-0.2, -0.15) is 0 Å². The van der Waals surface area contributed by atoms with Crippen molar-refractivity contribution >= 4 is 11.6 Å². The van der Waals surface area contributed by atoms with Gasteiger partial charge in [0.2, 0.25) is 0 Å². The lowest BCUT2D eigenvalue weighted by Gasteiger charge is -2.11. The van der Waals surface area contributed by atoms with E-state index in [1.54, 1.807) is 6.08 Å². The van der Waals surface area contributed by atoms with Crippen molar-refractivity contribution in [2.75, 3.05) is 6.61 Å². The first-order valence-corrected chi connectivity index (χ1v) is 3.48. The molecule has 0 aliphatic rings. The molecule has 0 aliphatic heterocycles. The molecule has 0 heterocycles. The van der Waals surface area contributed by atoms with Gasteiger partial charge in [-0.3, -0.25) is 0 Å². The maximum Gasteiger partial charge on any atom is 0.133 e. The first kappa shape index (κ1) is 8.99. The van der Waals surface area contributed by atoms with Gasteiger partial charge in [0.1, 0.15) is 5.56 Å². The van der Waals surface area contributed by atoms with Crippen molar-refractivity contribution in [3.8, 4) is 0 Å². The number of alkyl halides is 1. The van der Waals surface area contributed by atoms with Crippen molar-refractivity contribution in [2.24, 2.45) is 5.92 Å². The third kappa shape index (κ3) is 4.49. The average molecular weight is 149 g/mol. The first-order valence-electron chi connectivity index (χ1n) is 3.05. The Morgan fingerprint density at radius 3 is 2.56 bits per heavy atom. The third-order valence-corrected chi connectivity index (χ3v) is 1.53. The molecule has 0 aromatic heterocycles. The molecule has 0 amide bonds. The van der Waals surface area contributed by atoms with Crippen molar-refractivity contribution in [1.29, 1.82) is 0 Å². The first-order chi connectivity index (χ1) is 4.18. The number of rotatable bonds is 4. The Morgan fingerprint density at radius 1 is 1.67 bits per heavy atom. The monoisotopic (exact) mass is 148 g/mol. The van der Waals surface area contributed by atoms with Crippen molar-refractivity contribution < 1.29 is 4.74 Å². The van der Waals surface area contributed by atoms with E-state index in [9.17, 15) is 0 Å². The second-order valence-corrected chi connectivity index (χ2v) is 2.65. The highest BCUT2D eigenvalue weighted by Gasteiger charge is 2.07. The molecule has 0 N–H and O–H groups in total. The van der Waals surface area contributed by atoms with E-state index in [0.29, 0.717) is 12.5 Å². The summed E-state index contributed by atoms with van der Waals surface area (Å²) in [5, 5.41) is 0. The van der Waals surface area contributed by atoms with E-state index < -0.39 is 0 Å². The lowest BCUT2D eigenvalue weighted by atomic mass is 10.2. The summed E-state index contributed by atoms with van der Waals surface area (Å²) in [6.07, 6.45) is 1.69. The largest absolute Gasteiger partial charge is 0.358 e. The zero-order chi connectivity index (χ0) is 7.28. The van der Waals surface area contributed by atoms with E-state index in [0.717, 1.165) is 0 Å². The van der Waals surface area contributed by atoms with E-state index in [1.165, 1.54) is 0 Å². The Kier molecular flexibility index (Phi) is 4.83. The third-order valence-electron chi connectivity index (χ3n) is 0.897. The molecule has 0 fully saturated rings. The molecule has 0 saturated heterocycles.